The van der Waals surface area contributed by atoms with E-state index in [1.54, 1.807) is 6.07 Å². The Morgan fingerprint density at radius 1 is 1.50 bits per heavy atom. The molecule has 3 nitrogen and oxygen atoms in total. The molecule has 0 aliphatic rings. The zero-order chi connectivity index (χ0) is 11.8. The van der Waals surface area contributed by atoms with Gasteiger partial charge in [-0.3, -0.25) is 0 Å². The van der Waals surface area contributed by atoms with E-state index in [4.69, 9.17) is 6.42 Å². The number of nitrogens with one attached hydrogen (secondary N) is 2. The van der Waals surface area contributed by atoms with Gasteiger partial charge in [0.1, 0.15) is 5.82 Å². The summed E-state index contributed by atoms with van der Waals surface area (Å²) in [5, 5.41) is 3.05. The highest BCUT2D eigenvalue weighted by molar-refractivity contribution is 5.77. The van der Waals surface area contributed by atoms with Crippen LogP contribution in [0.1, 0.15) is 13.8 Å². The average molecular weight is 217 g/mol. The van der Waals surface area contributed by atoms with E-state index < -0.39 is 5.54 Å². The molecule has 1 heterocycles. The third-order valence-electron chi connectivity index (χ3n) is 2.24. The van der Waals surface area contributed by atoms with Gasteiger partial charge in [-0.25, -0.2) is 9.37 Å². The lowest BCUT2D eigenvalue weighted by Gasteiger charge is -2.18. The van der Waals surface area contributed by atoms with Crippen LogP contribution >= 0.6 is 0 Å². The van der Waals surface area contributed by atoms with E-state index >= 15 is 0 Å². The van der Waals surface area contributed by atoms with Crippen LogP contribution in [0, 0.1) is 18.2 Å². The number of halogens is 1. The molecule has 1 aromatic heterocycles. The second-order valence-electron chi connectivity index (χ2n) is 4.14. The van der Waals surface area contributed by atoms with Crippen molar-refractivity contribution >= 4 is 17.0 Å². The molecular formula is C12H12FN3. The lowest BCUT2D eigenvalue weighted by atomic mass is 10.1. The lowest BCUT2D eigenvalue weighted by molar-refractivity contribution is 0.629. The summed E-state index contributed by atoms with van der Waals surface area (Å²) in [7, 11) is 0. The molecule has 0 unspecified atom stereocenters. The number of aromatic nitrogens is 2. The van der Waals surface area contributed by atoms with Gasteiger partial charge in [0.05, 0.1) is 16.6 Å². The molecule has 82 valence electrons. The zero-order valence-electron chi connectivity index (χ0n) is 9.13. The molecule has 0 saturated carbocycles. The summed E-state index contributed by atoms with van der Waals surface area (Å²) in [6.07, 6.45) is 5.36. The van der Waals surface area contributed by atoms with E-state index in [-0.39, 0.29) is 5.82 Å². The minimum Gasteiger partial charge on any atom is -0.340 e. The fourth-order valence-electron chi connectivity index (χ4n) is 1.37. The first kappa shape index (κ1) is 10.5. The fourth-order valence-corrected chi connectivity index (χ4v) is 1.37. The van der Waals surface area contributed by atoms with Crippen LogP contribution < -0.4 is 5.32 Å². The Kier molecular flexibility index (Phi) is 2.31. The van der Waals surface area contributed by atoms with Crippen LogP contribution in [0.3, 0.4) is 0 Å². The van der Waals surface area contributed by atoms with Crippen molar-refractivity contribution in [2.45, 2.75) is 19.4 Å². The van der Waals surface area contributed by atoms with Crippen LogP contribution in [0.25, 0.3) is 11.0 Å². The maximum atomic E-state index is 12.9. The molecule has 0 saturated heterocycles. The number of rotatable bonds is 2. The van der Waals surface area contributed by atoms with Crippen LogP contribution in [0.15, 0.2) is 18.2 Å². The van der Waals surface area contributed by atoms with Crippen molar-refractivity contribution in [3.8, 4) is 12.3 Å². The number of aromatic amines is 1. The topological polar surface area (TPSA) is 40.7 Å². The third-order valence-corrected chi connectivity index (χ3v) is 2.24. The first-order valence-corrected chi connectivity index (χ1v) is 4.91. The molecule has 2 aromatic rings. The molecule has 4 heteroatoms. The van der Waals surface area contributed by atoms with Crippen molar-refractivity contribution in [1.82, 2.24) is 9.97 Å². The van der Waals surface area contributed by atoms with Gasteiger partial charge >= 0.3 is 0 Å². The number of imidazole rings is 1. The van der Waals surface area contributed by atoms with Crippen LogP contribution in [-0.4, -0.2) is 15.5 Å². The molecule has 0 spiro atoms. The minimum absolute atomic E-state index is 0.293. The number of hydrogen-bond donors (Lipinski definition) is 2. The summed E-state index contributed by atoms with van der Waals surface area (Å²) in [6.45, 7) is 3.72. The Balaban J connectivity index is 2.38. The number of terminal acetylenes is 1. The monoisotopic (exact) mass is 217 g/mol. The molecule has 2 N–H and O–H groups in total. The zero-order valence-corrected chi connectivity index (χ0v) is 9.13. The molecule has 0 aliphatic carbocycles. The van der Waals surface area contributed by atoms with Gasteiger partial charge in [0.2, 0.25) is 5.95 Å². The molecule has 0 radical (unpaired) electrons. The number of benzene rings is 1. The Morgan fingerprint density at radius 2 is 2.25 bits per heavy atom. The molecule has 0 aliphatic heterocycles. The van der Waals surface area contributed by atoms with E-state index in [2.05, 4.69) is 21.2 Å². The highest BCUT2D eigenvalue weighted by Crippen LogP contribution is 2.17. The number of fused-ring (bicyclic) bond motifs is 1. The minimum atomic E-state index is -0.494. The molecule has 0 bridgehead atoms. The normalized spacial score (nSPS) is 11.4. The van der Waals surface area contributed by atoms with Crippen molar-refractivity contribution in [3.05, 3.63) is 24.0 Å². The number of nitrogens with zero attached hydrogens (tertiary/aromatic N) is 1. The summed E-state index contributed by atoms with van der Waals surface area (Å²) in [6, 6.07) is 4.39. The third kappa shape index (κ3) is 1.98. The SMILES string of the molecule is C#CC(C)(C)Nc1nc2ccc(F)cc2[nH]1. The van der Waals surface area contributed by atoms with E-state index in [9.17, 15) is 4.39 Å². The maximum Gasteiger partial charge on any atom is 0.202 e. The Bertz CT molecular complexity index is 563. The van der Waals surface area contributed by atoms with Crippen LogP contribution in [0.5, 0.6) is 0 Å². The summed E-state index contributed by atoms with van der Waals surface area (Å²) in [4.78, 5) is 7.23. The van der Waals surface area contributed by atoms with Gasteiger partial charge in [-0.15, -0.1) is 6.42 Å². The first-order chi connectivity index (χ1) is 7.50. The van der Waals surface area contributed by atoms with Gasteiger partial charge in [-0.1, -0.05) is 5.92 Å². The van der Waals surface area contributed by atoms with Gasteiger partial charge in [-0.05, 0) is 32.0 Å². The van der Waals surface area contributed by atoms with Gasteiger partial charge in [0, 0.05) is 0 Å². The van der Waals surface area contributed by atoms with Gasteiger partial charge in [-0.2, -0.15) is 0 Å². The fraction of sp³-hybridized carbons (Fsp3) is 0.250. The second-order valence-corrected chi connectivity index (χ2v) is 4.14. The second kappa shape index (κ2) is 3.53. The van der Waals surface area contributed by atoms with Crippen molar-refractivity contribution < 1.29 is 4.39 Å². The standard InChI is InChI=1S/C12H12FN3/c1-4-12(2,3)16-11-14-9-6-5-8(13)7-10(9)15-11/h1,5-7H,2-3H3,(H2,14,15,16). The Labute approximate surface area is 93.1 Å². The van der Waals surface area contributed by atoms with Crippen molar-refractivity contribution in [2.75, 3.05) is 5.32 Å². The lowest BCUT2D eigenvalue weighted by Crippen LogP contribution is -2.28. The highest BCUT2D eigenvalue weighted by atomic mass is 19.1. The summed E-state index contributed by atoms with van der Waals surface area (Å²) >= 11 is 0. The highest BCUT2D eigenvalue weighted by Gasteiger charge is 2.15. The number of hydrogen-bond acceptors (Lipinski definition) is 2. The largest absolute Gasteiger partial charge is 0.340 e. The predicted molar refractivity (Wildman–Crippen MR) is 62.6 cm³/mol. The first-order valence-electron chi connectivity index (χ1n) is 4.91. The smallest absolute Gasteiger partial charge is 0.202 e. The molecule has 0 amide bonds. The van der Waals surface area contributed by atoms with Gasteiger partial charge in [0.25, 0.3) is 0 Å². The summed E-state index contributed by atoms with van der Waals surface area (Å²) < 4.78 is 12.9. The van der Waals surface area contributed by atoms with E-state index in [0.29, 0.717) is 17.0 Å². The number of H-pyrrole nitrogens is 1. The summed E-state index contributed by atoms with van der Waals surface area (Å²) in [5.41, 5.74) is 0.860. The molecule has 16 heavy (non-hydrogen) atoms. The predicted octanol–water partition coefficient (Wildman–Crippen LogP) is 2.53. The maximum absolute atomic E-state index is 12.9. The quantitative estimate of drug-likeness (QED) is 0.759. The number of anilines is 1. The summed E-state index contributed by atoms with van der Waals surface area (Å²) in [5.74, 6) is 2.85. The van der Waals surface area contributed by atoms with Crippen LogP contribution in [0.4, 0.5) is 10.3 Å². The van der Waals surface area contributed by atoms with Crippen molar-refractivity contribution in [2.24, 2.45) is 0 Å². The molecular weight excluding hydrogens is 205 g/mol. The molecule has 2 rings (SSSR count). The Hall–Kier alpha value is -2.02. The van der Waals surface area contributed by atoms with E-state index in [1.807, 2.05) is 13.8 Å². The van der Waals surface area contributed by atoms with Gasteiger partial charge in [0.15, 0.2) is 0 Å². The van der Waals surface area contributed by atoms with Crippen molar-refractivity contribution in [1.29, 1.82) is 0 Å². The van der Waals surface area contributed by atoms with E-state index in [0.717, 1.165) is 0 Å². The molecule has 0 fully saturated rings. The molecule has 1 aromatic carbocycles. The van der Waals surface area contributed by atoms with Crippen LogP contribution in [0.2, 0.25) is 0 Å². The van der Waals surface area contributed by atoms with Gasteiger partial charge < -0.3 is 10.3 Å². The average Bonchev–Trinajstić information content (AvgIpc) is 2.58. The van der Waals surface area contributed by atoms with Crippen molar-refractivity contribution in [3.63, 3.8) is 0 Å². The van der Waals surface area contributed by atoms with Crippen LogP contribution in [-0.2, 0) is 0 Å². The van der Waals surface area contributed by atoms with E-state index in [1.165, 1.54) is 12.1 Å². The Morgan fingerprint density at radius 3 is 2.94 bits per heavy atom. The molecule has 0 atom stereocenters.